The first-order valence-corrected chi connectivity index (χ1v) is 7.51. The standard InChI is InChI=1S/C15H17Cl2NO3/c16-12-2-1-3-13(15(12)17)21-7-6-14(20)18-11-5-4-10(8-11)9-19/h1-5,10-11,19H,6-9H2,(H,18,20)/t10-,11+/m0/s1. The summed E-state index contributed by atoms with van der Waals surface area (Å²) in [6.45, 7) is 0.338. The number of ether oxygens (including phenoxy) is 1. The summed E-state index contributed by atoms with van der Waals surface area (Å²) in [6, 6.07) is 5.11. The summed E-state index contributed by atoms with van der Waals surface area (Å²) in [5, 5.41) is 12.7. The molecule has 0 radical (unpaired) electrons. The molecule has 0 saturated carbocycles. The number of rotatable bonds is 6. The van der Waals surface area contributed by atoms with E-state index < -0.39 is 0 Å². The van der Waals surface area contributed by atoms with Gasteiger partial charge in [0, 0.05) is 18.6 Å². The Morgan fingerprint density at radius 3 is 2.90 bits per heavy atom. The number of nitrogens with one attached hydrogen (secondary N) is 1. The fourth-order valence-electron chi connectivity index (χ4n) is 2.15. The van der Waals surface area contributed by atoms with Crippen LogP contribution in [0.25, 0.3) is 0 Å². The fraction of sp³-hybridized carbons (Fsp3) is 0.400. The number of carbonyl (C=O) groups is 1. The first-order valence-electron chi connectivity index (χ1n) is 6.75. The lowest BCUT2D eigenvalue weighted by molar-refractivity contribution is -0.122. The first kappa shape index (κ1) is 16.1. The Morgan fingerprint density at radius 1 is 1.38 bits per heavy atom. The van der Waals surface area contributed by atoms with Crippen LogP contribution in [0.2, 0.25) is 10.0 Å². The zero-order valence-electron chi connectivity index (χ0n) is 11.4. The Hall–Kier alpha value is -1.23. The van der Waals surface area contributed by atoms with Gasteiger partial charge in [-0.1, -0.05) is 41.4 Å². The van der Waals surface area contributed by atoms with Crippen molar-refractivity contribution in [3.63, 3.8) is 0 Å². The van der Waals surface area contributed by atoms with Gasteiger partial charge in [0.1, 0.15) is 10.8 Å². The number of carbonyl (C=O) groups excluding carboxylic acids is 1. The van der Waals surface area contributed by atoms with Crippen molar-refractivity contribution in [2.45, 2.75) is 18.9 Å². The minimum Gasteiger partial charge on any atom is -0.491 e. The molecule has 1 amide bonds. The van der Waals surface area contributed by atoms with Crippen LogP contribution in [-0.4, -0.2) is 30.3 Å². The minimum absolute atomic E-state index is 0.00981. The maximum absolute atomic E-state index is 11.8. The van der Waals surface area contributed by atoms with E-state index >= 15 is 0 Å². The van der Waals surface area contributed by atoms with Crippen LogP contribution < -0.4 is 10.1 Å². The molecule has 0 fully saturated rings. The summed E-state index contributed by atoms with van der Waals surface area (Å²) in [5.74, 6) is 0.510. The average molecular weight is 330 g/mol. The van der Waals surface area contributed by atoms with Crippen LogP contribution >= 0.6 is 23.2 Å². The van der Waals surface area contributed by atoms with Gasteiger partial charge in [0.25, 0.3) is 0 Å². The second-order valence-electron chi connectivity index (χ2n) is 4.89. The molecule has 1 aromatic carbocycles. The van der Waals surface area contributed by atoms with Crippen molar-refractivity contribution in [3.05, 3.63) is 40.4 Å². The molecular weight excluding hydrogens is 313 g/mol. The van der Waals surface area contributed by atoms with Crippen molar-refractivity contribution < 1.29 is 14.6 Å². The maximum atomic E-state index is 11.8. The Kier molecular flexibility index (Phi) is 5.91. The molecule has 6 heteroatoms. The zero-order chi connectivity index (χ0) is 15.2. The molecule has 21 heavy (non-hydrogen) atoms. The Balaban J connectivity index is 1.72. The van der Waals surface area contributed by atoms with Gasteiger partial charge in [0.15, 0.2) is 0 Å². The minimum atomic E-state index is -0.0959. The molecule has 1 aliphatic carbocycles. The zero-order valence-corrected chi connectivity index (χ0v) is 12.9. The van der Waals surface area contributed by atoms with Crippen molar-refractivity contribution in [3.8, 4) is 5.75 Å². The van der Waals surface area contributed by atoms with Gasteiger partial charge in [0.05, 0.1) is 18.1 Å². The predicted octanol–water partition coefficient (Wildman–Crippen LogP) is 2.82. The van der Waals surface area contributed by atoms with Crippen molar-refractivity contribution >= 4 is 29.1 Å². The number of hydrogen-bond donors (Lipinski definition) is 2. The third-order valence-corrected chi connectivity index (χ3v) is 4.06. The maximum Gasteiger partial charge on any atom is 0.223 e. The first-order chi connectivity index (χ1) is 10.1. The quantitative estimate of drug-likeness (QED) is 0.789. The SMILES string of the molecule is O=C(CCOc1cccc(Cl)c1Cl)N[C@@H]1C=C[C@H](CO)C1. The molecule has 2 rings (SSSR count). The van der Waals surface area contributed by atoms with Crippen LogP contribution in [0.4, 0.5) is 0 Å². The lowest BCUT2D eigenvalue weighted by atomic mass is 10.1. The lowest BCUT2D eigenvalue weighted by Gasteiger charge is -2.13. The highest BCUT2D eigenvalue weighted by molar-refractivity contribution is 6.42. The largest absolute Gasteiger partial charge is 0.491 e. The van der Waals surface area contributed by atoms with Gasteiger partial charge in [-0.3, -0.25) is 4.79 Å². The highest BCUT2D eigenvalue weighted by Gasteiger charge is 2.19. The van der Waals surface area contributed by atoms with Gasteiger partial charge < -0.3 is 15.2 Å². The molecule has 114 valence electrons. The van der Waals surface area contributed by atoms with Gasteiger partial charge in [-0.15, -0.1) is 0 Å². The van der Waals surface area contributed by atoms with E-state index in [9.17, 15) is 4.79 Å². The second kappa shape index (κ2) is 7.69. The summed E-state index contributed by atoms with van der Waals surface area (Å²) < 4.78 is 5.46. The molecule has 0 bridgehead atoms. The molecule has 1 aromatic rings. The Labute approximate surface area is 133 Å². The number of amides is 1. The van der Waals surface area contributed by atoms with E-state index in [4.69, 9.17) is 33.0 Å². The molecule has 0 spiro atoms. The van der Waals surface area contributed by atoms with E-state index in [1.54, 1.807) is 18.2 Å². The Bertz CT molecular complexity index is 534. The van der Waals surface area contributed by atoms with Crippen LogP contribution in [-0.2, 0) is 4.79 Å². The van der Waals surface area contributed by atoms with E-state index in [-0.39, 0.29) is 37.5 Å². The van der Waals surface area contributed by atoms with E-state index in [2.05, 4.69) is 5.32 Å². The van der Waals surface area contributed by atoms with Gasteiger partial charge >= 0.3 is 0 Å². The van der Waals surface area contributed by atoms with Gasteiger partial charge in [-0.2, -0.15) is 0 Å². The molecule has 2 N–H and O–H groups in total. The van der Waals surface area contributed by atoms with Gasteiger partial charge in [-0.05, 0) is 18.6 Å². The highest BCUT2D eigenvalue weighted by Crippen LogP contribution is 2.31. The van der Waals surface area contributed by atoms with Crippen molar-refractivity contribution in [1.82, 2.24) is 5.32 Å². The smallest absolute Gasteiger partial charge is 0.223 e. The fourth-order valence-corrected chi connectivity index (χ4v) is 2.49. The van der Waals surface area contributed by atoms with Crippen LogP contribution in [0, 0.1) is 5.92 Å². The summed E-state index contributed by atoms with van der Waals surface area (Å²) in [5.41, 5.74) is 0. The molecular formula is C15H17Cl2NO3. The van der Waals surface area contributed by atoms with Crippen molar-refractivity contribution in [1.29, 1.82) is 0 Å². The molecule has 1 aliphatic rings. The normalized spacial score (nSPS) is 20.5. The molecule has 0 aliphatic heterocycles. The summed E-state index contributed by atoms with van der Waals surface area (Å²) >= 11 is 11.9. The number of benzene rings is 1. The molecule has 0 unspecified atom stereocenters. The lowest BCUT2D eigenvalue weighted by Crippen LogP contribution is -2.33. The van der Waals surface area contributed by atoms with Crippen molar-refractivity contribution in [2.75, 3.05) is 13.2 Å². The van der Waals surface area contributed by atoms with Crippen LogP contribution in [0.15, 0.2) is 30.4 Å². The molecule has 0 saturated heterocycles. The predicted molar refractivity (Wildman–Crippen MR) is 82.8 cm³/mol. The third kappa shape index (κ3) is 4.63. The summed E-state index contributed by atoms with van der Waals surface area (Å²) in [4.78, 5) is 11.8. The van der Waals surface area contributed by atoms with E-state index in [0.717, 1.165) is 6.42 Å². The second-order valence-corrected chi connectivity index (χ2v) is 5.67. The Morgan fingerprint density at radius 2 is 2.19 bits per heavy atom. The molecule has 0 heterocycles. The van der Waals surface area contributed by atoms with Crippen LogP contribution in [0.3, 0.4) is 0 Å². The molecule has 2 atom stereocenters. The average Bonchev–Trinajstić information content (AvgIpc) is 2.91. The van der Waals surface area contributed by atoms with E-state index in [1.165, 1.54) is 0 Å². The van der Waals surface area contributed by atoms with E-state index in [0.29, 0.717) is 15.8 Å². The molecule has 4 nitrogen and oxygen atoms in total. The third-order valence-electron chi connectivity index (χ3n) is 3.26. The number of hydrogen-bond acceptors (Lipinski definition) is 3. The van der Waals surface area contributed by atoms with Crippen LogP contribution in [0.5, 0.6) is 5.75 Å². The topological polar surface area (TPSA) is 58.6 Å². The monoisotopic (exact) mass is 329 g/mol. The van der Waals surface area contributed by atoms with Crippen LogP contribution in [0.1, 0.15) is 12.8 Å². The number of halogens is 2. The summed E-state index contributed by atoms with van der Waals surface area (Å²) in [6.07, 6.45) is 4.81. The van der Waals surface area contributed by atoms with Crippen molar-refractivity contribution in [2.24, 2.45) is 5.92 Å². The molecule has 0 aromatic heterocycles. The van der Waals surface area contributed by atoms with Gasteiger partial charge in [-0.25, -0.2) is 0 Å². The van der Waals surface area contributed by atoms with E-state index in [1.807, 2.05) is 12.2 Å². The van der Waals surface area contributed by atoms with Gasteiger partial charge in [0.2, 0.25) is 5.91 Å². The highest BCUT2D eigenvalue weighted by atomic mass is 35.5. The number of aliphatic hydroxyl groups is 1. The summed E-state index contributed by atoms with van der Waals surface area (Å²) in [7, 11) is 0. The number of aliphatic hydroxyl groups excluding tert-OH is 1.